The number of fused-ring (bicyclic) bond motifs is 3. The molecule has 0 amide bonds. The Morgan fingerprint density at radius 1 is 1.10 bits per heavy atom. The molecule has 150 valence electrons. The summed E-state index contributed by atoms with van der Waals surface area (Å²) in [5, 5.41) is 19.4. The number of thioether (sulfide) groups is 1. The highest BCUT2D eigenvalue weighted by Gasteiger charge is 2.73. The van der Waals surface area contributed by atoms with E-state index in [-0.39, 0.29) is 26.3 Å². The van der Waals surface area contributed by atoms with E-state index in [2.05, 4.69) is 50.0 Å². The number of rotatable bonds is 3. The van der Waals surface area contributed by atoms with E-state index in [1.807, 2.05) is 30.0 Å². The summed E-state index contributed by atoms with van der Waals surface area (Å²) in [6.45, 7) is 7.29. The van der Waals surface area contributed by atoms with Gasteiger partial charge in [0.1, 0.15) is 9.91 Å². The van der Waals surface area contributed by atoms with Crippen LogP contribution in [0.3, 0.4) is 0 Å². The third-order valence-electron chi connectivity index (χ3n) is 7.95. The highest BCUT2D eigenvalue weighted by molar-refractivity contribution is 8.16. The molecule has 29 heavy (non-hydrogen) atoms. The van der Waals surface area contributed by atoms with Gasteiger partial charge in [0, 0.05) is 23.1 Å². The first kappa shape index (κ1) is 18.7. The highest BCUT2D eigenvalue weighted by atomic mass is 32.2. The van der Waals surface area contributed by atoms with Crippen molar-refractivity contribution in [1.82, 2.24) is 0 Å². The molecule has 0 unspecified atom stereocenters. The van der Waals surface area contributed by atoms with E-state index in [1.165, 1.54) is 12.8 Å². The summed E-state index contributed by atoms with van der Waals surface area (Å²) in [5.74, 6) is 0.678. The zero-order chi connectivity index (χ0) is 20.4. The number of anilines is 1. The molecule has 3 atom stereocenters. The number of nitro benzene ring substituents is 1. The molecule has 1 aliphatic heterocycles. The van der Waals surface area contributed by atoms with Gasteiger partial charge in [-0.3, -0.25) is 10.1 Å². The molecule has 2 aliphatic carbocycles. The average molecular weight is 408 g/mol. The fourth-order valence-corrected chi connectivity index (χ4v) is 7.56. The molecule has 1 spiro atoms. The minimum atomic E-state index is -0.357. The Morgan fingerprint density at radius 3 is 2.34 bits per heavy atom. The van der Waals surface area contributed by atoms with Crippen LogP contribution < -0.4 is 5.01 Å². The fraction of sp³-hybridized carbons (Fsp3) is 0.435. The van der Waals surface area contributed by atoms with Crippen LogP contribution in [0, 0.1) is 26.9 Å². The minimum Gasteiger partial charge on any atom is -0.258 e. The number of hydrazone groups is 1. The Balaban J connectivity index is 1.61. The lowest BCUT2D eigenvalue weighted by atomic mass is 9.68. The first-order valence-electron chi connectivity index (χ1n) is 10.2. The summed E-state index contributed by atoms with van der Waals surface area (Å²) < 4.78 is 0. The van der Waals surface area contributed by atoms with Crippen molar-refractivity contribution in [1.29, 1.82) is 0 Å². The van der Waals surface area contributed by atoms with Gasteiger partial charge in [-0.05, 0) is 54.9 Å². The second-order valence-electron chi connectivity index (χ2n) is 9.24. The maximum Gasteiger partial charge on any atom is 0.269 e. The van der Waals surface area contributed by atoms with Crippen LogP contribution in [-0.4, -0.2) is 14.8 Å². The molecular weight excluding hydrogens is 382 g/mol. The molecule has 0 N–H and O–H groups in total. The van der Waals surface area contributed by atoms with Gasteiger partial charge in [-0.1, -0.05) is 50.7 Å². The number of hydrogen-bond acceptors (Lipinski definition) is 5. The molecule has 1 heterocycles. The molecule has 5 rings (SSSR count). The Hall–Kier alpha value is -2.34. The van der Waals surface area contributed by atoms with Crippen molar-refractivity contribution in [3.63, 3.8) is 0 Å². The molecule has 0 radical (unpaired) electrons. The summed E-state index contributed by atoms with van der Waals surface area (Å²) in [6.07, 6.45) is 3.58. The second-order valence-corrected chi connectivity index (χ2v) is 10.5. The van der Waals surface area contributed by atoms with E-state index < -0.39 is 0 Å². The quantitative estimate of drug-likeness (QED) is 0.459. The Kier molecular flexibility index (Phi) is 3.92. The molecule has 5 nitrogen and oxygen atoms in total. The Morgan fingerprint density at radius 2 is 1.79 bits per heavy atom. The van der Waals surface area contributed by atoms with Crippen LogP contribution in [0.2, 0.25) is 0 Å². The number of para-hydroxylation sites is 1. The number of benzene rings is 2. The zero-order valence-corrected chi connectivity index (χ0v) is 17.8. The van der Waals surface area contributed by atoms with Crippen LogP contribution in [0.4, 0.5) is 11.4 Å². The average Bonchev–Trinajstić information content (AvgIpc) is 3.26. The van der Waals surface area contributed by atoms with E-state index >= 15 is 0 Å². The molecule has 6 heteroatoms. The first-order valence-corrected chi connectivity index (χ1v) is 11.0. The van der Waals surface area contributed by atoms with Gasteiger partial charge < -0.3 is 0 Å². The molecule has 0 aromatic heterocycles. The normalized spacial score (nSPS) is 32.0. The van der Waals surface area contributed by atoms with Gasteiger partial charge in [0.2, 0.25) is 0 Å². The van der Waals surface area contributed by atoms with E-state index in [4.69, 9.17) is 5.10 Å². The number of nitrogens with zero attached hydrogens (tertiary/aromatic N) is 3. The Bertz CT molecular complexity index is 1000. The van der Waals surface area contributed by atoms with Crippen LogP contribution in [0.25, 0.3) is 0 Å². The minimum absolute atomic E-state index is 0.111. The number of nitro groups is 1. The maximum absolute atomic E-state index is 11.0. The number of hydrogen-bond donors (Lipinski definition) is 0. The van der Waals surface area contributed by atoms with Crippen LogP contribution in [0.5, 0.6) is 0 Å². The van der Waals surface area contributed by atoms with Crippen molar-refractivity contribution in [2.45, 2.75) is 44.9 Å². The van der Waals surface area contributed by atoms with Crippen molar-refractivity contribution in [2.24, 2.45) is 21.8 Å². The predicted octanol–water partition coefficient (Wildman–Crippen LogP) is 6.05. The van der Waals surface area contributed by atoms with Gasteiger partial charge in [0.15, 0.2) is 0 Å². The second kappa shape index (κ2) is 6.08. The van der Waals surface area contributed by atoms with Crippen LogP contribution in [-0.2, 0) is 0 Å². The highest BCUT2D eigenvalue weighted by Crippen LogP contribution is 2.75. The van der Waals surface area contributed by atoms with Crippen molar-refractivity contribution in [2.75, 3.05) is 5.01 Å². The Labute approximate surface area is 175 Å². The lowest BCUT2D eigenvalue weighted by molar-refractivity contribution is -0.384. The fourth-order valence-electron chi connectivity index (χ4n) is 5.76. The smallest absolute Gasteiger partial charge is 0.258 e. The number of non-ortho nitro benzene ring substituents is 1. The largest absolute Gasteiger partial charge is 0.269 e. The molecule has 2 bridgehead atoms. The van der Waals surface area contributed by atoms with E-state index in [1.54, 1.807) is 12.1 Å². The predicted molar refractivity (Wildman–Crippen MR) is 118 cm³/mol. The van der Waals surface area contributed by atoms with Gasteiger partial charge in [0.25, 0.3) is 5.69 Å². The van der Waals surface area contributed by atoms with E-state index in [9.17, 15) is 10.1 Å². The zero-order valence-electron chi connectivity index (χ0n) is 17.0. The van der Waals surface area contributed by atoms with E-state index in [0.29, 0.717) is 5.92 Å². The van der Waals surface area contributed by atoms with E-state index in [0.717, 1.165) is 22.7 Å². The summed E-state index contributed by atoms with van der Waals surface area (Å²) in [5.41, 5.74) is 2.54. The van der Waals surface area contributed by atoms with Gasteiger partial charge in [-0.2, -0.15) is 5.10 Å². The third kappa shape index (κ3) is 2.38. The van der Waals surface area contributed by atoms with Crippen LogP contribution >= 0.6 is 11.8 Å². The van der Waals surface area contributed by atoms with Crippen molar-refractivity contribution in [3.8, 4) is 0 Å². The lowest BCUT2D eigenvalue weighted by Crippen LogP contribution is -2.53. The molecule has 2 aromatic carbocycles. The summed E-state index contributed by atoms with van der Waals surface area (Å²) in [7, 11) is 0. The van der Waals surface area contributed by atoms with Crippen LogP contribution in [0.1, 0.15) is 45.6 Å². The van der Waals surface area contributed by atoms with Gasteiger partial charge in [-0.25, -0.2) is 5.01 Å². The first-order chi connectivity index (χ1) is 13.8. The van der Waals surface area contributed by atoms with Crippen LogP contribution in [0.15, 0.2) is 59.7 Å². The van der Waals surface area contributed by atoms with Crippen molar-refractivity contribution < 1.29 is 4.92 Å². The molecule has 2 fully saturated rings. The molecule has 3 aliphatic rings. The van der Waals surface area contributed by atoms with Crippen molar-refractivity contribution in [3.05, 3.63) is 70.3 Å². The molecule has 0 saturated heterocycles. The SMILES string of the molecule is CC1(C)[C@@H]2CC[C@@]1(C)[C@@]1(C2)SC(c2ccc([N+](=O)[O-])cc2)=NN1c1ccccc1. The maximum atomic E-state index is 11.0. The van der Waals surface area contributed by atoms with Gasteiger partial charge in [0.05, 0.1) is 10.6 Å². The lowest BCUT2D eigenvalue weighted by Gasteiger charge is -2.49. The third-order valence-corrected chi connectivity index (χ3v) is 9.58. The summed E-state index contributed by atoms with van der Waals surface area (Å²) >= 11 is 1.86. The monoisotopic (exact) mass is 407 g/mol. The summed E-state index contributed by atoms with van der Waals surface area (Å²) in [4.78, 5) is 10.6. The topological polar surface area (TPSA) is 58.7 Å². The summed E-state index contributed by atoms with van der Waals surface area (Å²) in [6, 6.07) is 17.2. The molecule has 2 saturated carbocycles. The van der Waals surface area contributed by atoms with Crippen molar-refractivity contribution >= 4 is 28.2 Å². The van der Waals surface area contributed by atoms with Gasteiger partial charge in [-0.15, -0.1) is 0 Å². The van der Waals surface area contributed by atoms with Gasteiger partial charge >= 0.3 is 0 Å². The molecule has 2 aromatic rings. The standard InChI is InChI=1S/C23H25N3O2S/c1-21(2)17-13-14-22(21,3)23(15-17)25(18-7-5-4-6-8-18)24-20(29-23)16-9-11-19(12-10-16)26(27)28/h4-12,17H,13-15H2,1-3H3/t17-,22-,23-/m1/s1. The molecular formula is C23H25N3O2S.